The van der Waals surface area contributed by atoms with Gasteiger partial charge in [0.2, 0.25) is 11.9 Å². The zero-order valence-corrected chi connectivity index (χ0v) is 13.7. The van der Waals surface area contributed by atoms with E-state index in [9.17, 15) is 19.7 Å². The van der Waals surface area contributed by atoms with Gasteiger partial charge in [-0.25, -0.2) is 9.78 Å². The van der Waals surface area contributed by atoms with Crippen LogP contribution in [0.1, 0.15) is 19.2 Å². The van der Waals surface area contributed by atoms with Crippen LogP contribution in [0, 0.1) is 10.1 Å². The lowest BCUT2D eigenvalue weighted by atomic mass is 10.1. The highest BCUT2D eigenvalue weighted by atomic mass is 16.6. The molecular formula is C17H14N2O7. The molecule has 2 aromatic rings. The fourth-order valence-corrected chi connectivity index (χ4v) is 2.43. The number of nitro groups is 1. The van der Waals surface area contributed by atoms with Crippen LogP contribution in [-0.4, -0.2) is 21.9 Å². The molecule has 9 heteroatoms. The van der Waals surface area contributed by atoms with Gasteiger partial charge in [-0.1, -0.05) is 6.08 Å². The van der Waals surface area contributed by atoms with Crippen molar-refractivity contribution < 1.29 is 23.6 Å². The Morgan fingerprint density at radius 1 is 1.46 bits per heavy atom. The molecule has 0 saturated carbocycles. The molecule has 0 saturated heterocycles. The fourth-order valence-electron chi connectivity index (χ4n) is 2.43. The Morgan fingerprint density at radius 2 is 2.27 bits per heavy atom. The summed E-state index contributed by atoms with van der Waals surface area (Å²) in [5.41, 5.74) is -0.292. The van der Waals surface area contributed by atoms with Gasteiger partial charge in [0.05, 0.1) is 17.3 Å². The predicted octanol–water partition coefficient (Wildman–Crippen LogP) is 2.12. The summed E-state index contributed by atoms with van der Waals surface area (Å²) in [5, 5.41) is 11.0. The van der Waals surface area contributed by atoms with Crippen molar-refractivity contribution in [3.63, 3.8) is 0 Å². The minimum Gasteiger partial charge on any atom is -0.488 e. The molecule has 0 fully saturated rings. The van der Waals surface area contributed by atoms with Crippen molar-refractivity contribution in [1.29, 1.82) is 0 Å². The molecule has 0 N–H and O–H groups in total. The monoisotopic (exact) mass is 358 g/mol. The fraction of sp³-hybridized carbons (Fsp3) is 0.235. The second-order valence-corrected chi connectivity index (χ2v) is 5.53. The summed E-state index contributed by atoms with van der Waals surface area (Å²) >= 11 is 0. The minimum atomic E-state index is -0.841. The third-order valence-electron chi connectivity index (χ3n) is 3.58. The van der Waals surface area contributed by atoms with Crippen LogP contribution >= 0.6 is 0 Å². The number of allylic oxidation sites excluding steroid dienone is 2. The van der Waals surface area contributed by atoms with Crippen LogP contribution in [0.2, 0.25) is 0 Å². The SMILES string of the molecule is CC(=O)Oc1ccc2nc(COC3=CC=CC([N+](=O)[O-])C3)oc(=O)c2c1. The van der Waals surface area contributed by atoms with Crippen LogP contribution in [-0.2, 0) is 16.1 Å². The molecule has 134 valence electrons. The first-order valence-corrected chi connectivity index (χ1v) is 7.68. The van der Waals surface area contributed by atoms with E-state index in [4.69, 9.17) is 13.9 Å². The number of carbonyl (C=O) groups is 1. The summed E-state index contributed by atoms with van der Waals surface area (Å²) in [7, 11) is 0. The highest BCUT2D eigenvalue weighted by Gasteiger charge is 2.22. The van der Waals surface area contributed by atoms with Crippen LogP contribution in [0.5, 0.6) is 5.75 Å². The van der Waals surface area contributed by atoms with E-state index in [2.05, 4.69) is 4.98 Å². The lowest BCUT2D eigenvalue weighted by Gasteiger charge is -2.13. The zero-order valence-electron chi connectivity index (χ0n) is 13.7. The Bertz CT molecular complexity index is 990. The van der Waals surface area contributed by atoms with E-state index in [0.29, 0.717) is 11.3 Å². The Hall–Kier alpha value is -3.49. The summed E-state index contributed by atoms with van der Waals surface area (Å²) in [4.78, 5) is 37.7. The van der Waals surface area contributed by atoms with E-state index in [1.54, 1.807) is 12.2 Å². The molecule has 0 radical (unpaired) electrons. The van der Waals surface area contributed by atoms with Crippen molar-refractivity contribution in [1.82, 2.24) is 4.98 Å². The summed E-state index contributed by atoms with van der Waals surface area (Å²) in [6, 6.07) is 3.57. The number of esters is 1. The van der Waals surface area contributed by atoms with Crippen LogP contribution in [0.25, 0.3) is 10.9 Å². The van der Waals surface area contributed by atoms with Crippen molar-refractivity contribution >= 4 is 16.9 Å². The second-order valence-electron chi connectivity index (χ2n) is 5.53. The molecule has 0 bridgehead atoms. The molecule has 1 aliphatic rings. The molecule has 3 rings (SSSR count). The summed E-state index contributed by atoms with van der Waals surface area (Å²) in [5.74, 6) is 0.155. The maximum Gasteiger partial charge on any atom is 0.347 e. The molecule has 9 nitrogen and oxygen atoms in total. The molecule has 0 aliphatic heterocycles. The lowest BCUT2D eigenvalue weighted by Crippen LogP contribution is -2.20. The third kappa shape index (κ3) is 3.94. The molecule has 1 aromatic carbocycles. The number of carbonyl (C=O) groups excluding carboxylic acids is 1. The Labute approximate surface area is 146 Å². The van der Waals surface area contributed by atoms with Gasteiger partial charge < -0.3 is 13.9 Å². The smallest absolute Gasteiger partial charge is 0.347 e. The number of hydrogen-bond acceptors (Lipinski definition) is 8. The number of ether oxygens (including phenoxy) is 2. The number of nitrogens with zero attached hydrogens (tertiary/aromatic N) is 2. The topological polar surface area (TPSA) is 122 Å². The van der Waals surface area contributed by atoms with Crippen LogP contribution in [0.15, 0.2) is 51.4 Å². The van der Waals surface area contributed by atoms with E-state index in [0.717, 1.165) is 0 Å². The van der Waals surface area contributed by atoms with Gasteiger partial charge in [-0.3, -0.25) is 14.9 Å². The van der Waals surface area contributed by atoms with E-state index in [1.165, 1.54) is 31.2 Å². The normalized spacial score (nSPS) is 16.2. The highest BCUT2D eigenvalue weighted by Crippen LogP contribution is 2.20. The summed E-state index contributed by atoms with van der Waals surface area (Å²) < 4.78 is 15.5. The highest BCUT2D eigenvalue weighted by molar-refractivity contribution is 5.80. The van der Waals surface area contributed by atoms with Crippen molar-refractivity contribution in [2.45, 2.75) is 26.0 Å². The largest absolute Gasteiger partial charge is 0.488 e. The lowest BCUT2D eigenvalue weighted by molar-refractivity contribution is -0.509. The van der Waals surface area contributed by atoms with Gasteiger partial charge in [-0.05, 0) is 30.4 Å². The number of rotatable bonds is 5. The maximum atomic E-state index is 12.1. The Morgan fingerprint density at radius 3 is 3.00 bits per heavy atom. The molecule has 1 aliphatic carbocycles. The molecule has 1 atom stereocenters. The molecule has 26 heavy (non-hydrogen) atoms. The standard InChI is InChI=1S/C17H14N2O7/c1-10(20)25-13-5-6-15-14(8-13)17(21)26-16(18-15)9-24-12-4-2-3-11(7-12)19(22)23/h2-6,8,11H,7,9H2,1H3. The Balaban J connectivity index is 1.76. The van der Waals surface area contributed by atoms with Gasteiger partial charge in [0.15, 0.2) is 6.61 Å². The Kier molecular flexibility index (Phi) is 4.78. The van der Waals surface area contributed by atoms with Gasteiger partial charge in [-0.15, -0.1) is 0 Å². The van der Waals surface area contributed by atoms with Gasteiger partial charge >= 0.3 is 11.6 Å². The van der Waals surface area contributed by atoms with E-state index in [-0.39, 0.29) is 30.1 Å². The average molecular weight is 358 g/mol. The van der Waals surface area contributed by atoms with E-state index in [1.807, 2.05) is 0 Å². The van der Waals surface area contributed by atoms with E-state index >= 15 is 0 Å². The third-order valence-corrected chi connectivity index (χ3v) is 3.58. The molecular weight excluding hydrogens is 344 g/mol. The zero-order chi connectivity index (χ0) is 18.7. The summed E-state index contributed by atoms with van der Waals surface area (Å²) in [6.07, 6.45) is 4.76. The molecule has 1 heterocycles. The number of benzene rings is 1. The number of fused-ring (bicyclic) bond motifs is 1. The van der Waals surface area contributed by atoms with Crippen molar-refractivity contribution in [2.24, 2.45) is 0 Å². The average Bonchev–Trinajstić information content (AvgIpc) is 2.60. The molecule has 0 spiro atoms. The minimum absolute atomic E-state index is 0.0378. The first-order chi connectivity index (χ1) is 12.4. The molecule has 1 aromatic heterocycles. The van der Waals surface area contributed by atoms with Crippen molar-refractivity contribution in [3.8, 4) is 5.75 Å². The second kappa shape index (κ2) is 7.18. The number of hydrogen-bond donors (Lipinski definition) is 0. The first kappa shape index (κ1) is 17.3. The van der Waals surface area contributed by atoms with Crippen LogP contribution in [0.3, 0.4) is 0 Å². The van der Waals surface area contributed by atoms with Gasteiger partial charge in [0, 0.05) is 11.8 Å². The van der Waals surface area contributed by atoms with Crippen LogP contribution in [0.4, 0.5) is 0 Å². The molecule has 1 unspecified atom stereocenters. The van der Waals surface area contributed by atoms with Crippen molar-refractivity contribution in [2.75, 3.05) is 0 Å². The van der Waals surface area contributed by atoms with Gasteiger partial charge in [-0.2, -0.15) is 0 Å². The molecule has 0 amide bonds. The van der Waals surface area contributed by atoms with Gasteiger partial charge in [0.1, 0.15) is 11.5 Å². The van der Waals surface area contributed by atoms with Crippen molar-refractivity contribution in [3.05, 3.63) is 68.6 Å². The van der Waals surface area contributed by atoms with Crippen LogP contribution < -0.4 is 10.4 Å². The maximum absolute atomic E-state index is 12.1. The van der Waals surface area contributed by atoms with Gasteiger partial charge in [0.25, 0.3) is 0 Å². The predicted molar refractivity (Wildman–Crippen MR) is 89.0 cm³/mol. The quantitative estimate of drug-likeness (QED) is 0.345. The van der Waals surface area contributed by atoms with E-state index < -0.39 is 22.6 Å². The summed E-state index contributed by atoms with van der Waals surface area (Å²) in [6.45, 7) is 1.12. The first-order valence-electron chi connectivity index (χ1n) is 7.68. The number of aromatic nitrogens is 1.